The molecule has 2 aliphatic carbocycles. The van der Waals surface area contributed by atoms with Crippen LogP contribution in [0, 0.1) is 16.7 Å². The van der Waals surface area contributed by atoms with E-state index >= 15 is 0 Å². The minimum absolute atomic E-state index is 0.0212. The second-order valence-corrected chi connectivity index (χ2v) is 37.6. The van der Waals surface area contributed by atoms with Gasteiger partial charge < -0.3 is 37.6 Å². The summed E-state index contributed by atoms with van der Waals surface area (Å²) < 4.78 is 46.7. The first-order valence-corrected chi connectivity index (χ1v) is 31.0. The highest BCUT2D eigenvalue weighted by Crippen LogP contribution is 2.60. The smallest absolute Gasteiger partial charge is 0.192 e. The van der Waals surface area contributed by atoms with Gasteiger partial charge in [-0.2, -0.15) is 0 Å². The molecule has 1 N–H and O–H groups in total. The molecule has 6 atom stereocenters. The van der Waals surface area contributed by atoms with E-state index in [1.165, 1.54) is 11.1 Å². The lowest BCUT2D eigenvalue weighted by Gasteiger charge is -2.66. The van der Waals surface area contributed by atoms with E-state index in [0.29, 0.717) is 39.5 Å². The van der Waals surface area contributed by atoms with E-state index < -0.39 is 53.2 Å². The number of hydrogen-bond donors (Lipinski definition) is 1. The van der Waals surface area contributed by atoms with Crippen molar-refractivity contribution in [2.24, 2.45) is 16.7 Å². The standard InChI is InChI=1S/C46H82O8Si3/c1-34-23-24-36(44(8,9)37(34)29-53-56(14,15)42(2,3)4)40(47)41-45(10,30-50-32-49-28-35-21-19-18-20-22-35)38(54-57(16,17)43(5,6)7)27-39-46(41,31-51-39)52-33-48-25-26-55(11,12)13/h18-22,24,38-41,47H,23,25-33H2,1-17H3/t38-,39+,40+,41-,45+,46-/m0/s1. The number of benzene rings is 1. The Balaban J connectivity index is 1.75. The molecule has 1 saturated carbocycles. The summed E-state index contributed by atoms with van der Waals surface area (Å²) in [5, 5.41) is 13.4. The Bertz CT molecular complexity index is 1540. The van der Waals surface area contributed by atoms with Gasteiger partial charge in [0.05, 0.1) is 44.7 Å². The zero-order valence-corrected chi connectivity index (χ0v) is 42.1. The molecule has 326 valence electrons. The molecule has 1 aliphatic heterocycles. The molecule has 1 heterocycles. The maximum Gasteiger partial charge on any atom is 0.192 e. The van der Waals surface area contributed by atoms with Crippen LogP contribution in [0.3, 0.4) is 0 Å². The Morgan fingerprint density at radius 3 is 2.04 bits per heavy atom. The number of hydrogen-bond acceptors (Lipinski definition) is 8. The monoisotopic (exact) mass is 847 g/mol. The van der Waals surface area contributed by atoms with E-state index in [-0.39, 0.29) is 35.9 Å². The van der Waals surface area contributed by atoms with Crippen molar-refractivity contribution in [3.8, 4) is 0 Å². The Kier molecular flexibility index (Phi) is 15.5. The van der Waals surface area contributed by atoms with Crippen LogP contribution >= 0.6 is 0 Å². The summed E-state index contributed by atoms with van der Waals surface area (Å²) in [7, 11) is -5.64. The summed E-state index contributed by atoms with van der Waals surface area (Å²) in [6.45, 7) is 41.6. The molecule has 2 fully saturated rings. The lowest BCUT2D eigenvalue weighted by Crippen LogP contribution is -2.77. The molecule has 1 saturated heterocycles. The first-order chi connectivity index (χ1) is 26.1. The van der Waals surface area contributed by atoms with Crippen LogP contribution in [0.15, 0.2) is 53.1 Å². The lowest BCUT2D eigenvalue weighted by atomic mass is 9.52. The Morgan fingerprint density at radius 2 is 1.47 bits per heavy atom. The van der Waals surface area contributed by atoms with Gasteiger partial charge in [0.25, 0.3) is 0 Å². The second-order valence-electron chi connectivity index (χ2n) is 22.4. The van der Waals surface area contributed by atoms with E-state index in [4.69, 9.17) is 32.5 Å². The van der Waals surface area contributed by atoms with Gasteiger partial charge in [-0.15, -0.1) is 0 Å². The topological polar surface area (TPSA) is 84.8 Å². The molecule has 11 heteroatoms. The quantitative estimate of drug-likeness (QED) is 0.0638. The van der Waals surface area contributed by atoms with Crippen LogP contribution in [0.1, 0.15) is 87.6 Å². The van der Waals surface area contributed by atoms with Crippen molar-refractivity contribution < 1.29 is 37.6 Å². The summed E-state index contributed by atoms with van der Waals surface area (Å²) in [4.78, 5) is 0. The molecule has 8 nitrogen and oxygen atoms in total. The van der Waals surface area contributed by atoms with E-state index in [0.717, 1.165) is 23.6 Å². The molecule has 3 aliphatic rings. The third-order valence-corrected chi connectivity index (χ3v) is 25.1. The maximum atomic E-state index is 13.3. The van der Waals surface area contributed by atoms with Crippen molar-refractivity contribution in [2.75, 3.05) is 40.0 Å². The number of fused-ring (bicyclic) bond motifs is 1. The summed E-state index contributed by atoms with van der Waals surface area (Å²) in [6, 6.07) is 11.2. The number of allylic oxidation sites excluding steroid dienone is 2. The van der Waals surface area contributed by atoms with Gasteiger partial charge in [-0.25, -0.2) is 0 Å². The van der Waals surface area contributed by atoms with E-state index in [1.807, 2.05) is 18.2 Å². The third kappa shape index (κ3) is 11.1. The van der Waals surface area contributed by atoms with E-state index in [2.05, 4.69) is 133 Å². The van der Waals surface area contributed by atoms with Crippen LogP contribution in [-0.4, -0.2) is 93.7 Å². The number of aliphatic hydroxyl groups is 1. The van der Waals surface area contributed by atoms with Crippen LogP contribution in [0.4, 0.5) is 0 Å². The molecule has 1 aromatic rings. The van der Waals surface area contributed by atoms with Gasteiger partial charge in [-0.3, -0.25) is 0 Å². The summed E-state index contributed by atoms with van der Waals surface area (Å²) >= 11 is 0. The van der Waals surface area contributed by atoms with Crippen molar-refractivity contribution in [3.63, 3.8) is 0 Å². The number of aliphatic hydroxyl groups excluding tert-OH is 1. The molecule has 4 rings (SSSR count). The average Bonchev–Trinajstić information content (AvgIpc) is 3.06. The van der Waals surface area contributed by atoms with Gasteiger partial charge in [0.1, 0.15) is 19.2 Å². The molecular formula is C46H82O8Si3. The summed E-state index contributed by atoms with van der Waals surface area (Å²) in [5.41, 5.74) is 2.70. The molecule has 1 aromatic carbocycles. The zero-order chi connectivity index (χ0) is 42.9. The van der Waals surface area contributed by atoms with Crippen LogP contribution in [0.2, 0.25) is 61.9 Å². The Morgan fingerprint density at radius 1 is 0.842 bits per heavy atom. The minimum Gasteiger partial charge on any atom is -0.413 e. The highest BCUT2D eigenvalue weighted by Gasteiger charge is 2.70. The van der Waals surface area contributed by atoms with Gasteiger partial charge in [-0.05, 0) is 72.4 Å². The lowest BCUT2D eigenvalue weighted by molar-refractivity contribution is -0.363. The fourth-order valence-corrected chi connectivity index (χ4v) is 11.5. The van der Waals surface area contributed by atoms with Gasteiger partial charge in [0.15, 0.2) is 16.6 Å². The highest BCUT2D eigenvalue weighted by molar-refractivity contribution is 6.76. The van der Waals surface area contributed by atoms with Crippen LogP contribution in [-0.2, 0) is 39.1 Å². The fraction of sp³-hybridized carbons (Fsp3) is 0.783. The molecule has 57 heavy (non-hydrogen) atoms. The van der Waals surface area contributed by atoms with Gasteiger partial charge in [-0.1, -0.05) is 124 Å². The number of rotatable bonds is 19. The van der Waals surface area contributed by atoms with Crippen molar-refractivity contribution in [1.82, 2.24) is 0 Å². The predicted octanol–water partition coefficient (Wildman–Crippen LogP) is 11.1. The molecule has 0 spiro atoms. The Hall–Kier alpha value is -0.969. The second kappa shape index (κ2) is 18.2. The molecular weight excluding hydrogens is 765 g/mol. The average molecular weight is 847 g/mol. The summed E-state index contributed by atoms with van der Waals surface area (Å²) in [6.07, 6.45) is 2.27. The van der Waals surface area contributed by atoms with Crippen molar-refractivity contribution in [2.45, 2.75) is 175 Å². The largest absolute Gasteiger partial charge is 0.413 e. The van der Waals surface area contributed by atoms with Crippen LogP contribution in [0.25, 0.3) is 0 Å². The fourth-order valence-electron chi connectivity index (χ4n) is 8.33. The van der Waals surface area contributed by atoms with E-state index in [1.54, 1.807) is 0 Å². The predicted molar refractivity (Wildman–Crippen MR) is 241 cm³/mol. The zero-order valence-electron chi connectivity index (χ0n) is 39.1. The first kappa shape index (κ1) is 48.7. The maximum absolute atomic E-state index is 13.3. The van der Waals surface area contributed by atoms with Gasteiger partial charge >= 0.3 is 0 Å². The van der Waals surface area contributed by atoms with Crippen molar-refractivity contribution in [3.05, 3.63) is 58.7 Å². The van der Waals surface area contributed by atoms with Gasteiger partial charge in [0, 0.05) is 37.8 Å². The number of ether oxygens (including phenoxy) is 5. The first-order valence-electron chi connectivity index (χ1n) is 21.5. The Labute approximate surface area is 351 Å². The summed E-state index contributed by atoms with van der Waals surface area (Å²) in [5.74, 6) is -0.437. The van der Waals surface area contributed by atoms with Gasteiger partial charge in [0.2, 0.25) is 0 Å². The van der Waals surface area contributed by atoms with Crippen LogP contribution in [0.5, 0.6) is 0 Å². The highest BCUT2D eigenvalue weighted by atomic mass is 28.4. The normalized spacial score (nSPS) is 27.8. The molecule has 0 bridgehead atoms. The molecule has 0 radical (unpaired) electrons. The third-order valence-electron chi connectivity index (χ3n) is 14.4. The van der Waals surface area contributed by atoms with Crippen molar-refractivity contribution >= 4 is 24.7 Å². The molecule has 0 amide bonds. The SMILES string of the molecule is CC1=C(CO[Si](C)(C)C(C)(C)C)C(C)(C)C([C@@H](O)[C@H]2[C@](C)(COCOCc3ccccc3)[C@@H](O[Si](C)(C)C(C)(C)C)C[C@H]3OC[C@]32OCOCC[Si](C)(C)C)=CC1. The van der Waals surface area contributed by atoms with Crippen LogP contribution < -0.4 is 0 Å². The van der Waals surface area contributed by atoms with Crippen molar-refractivity contribution in [1.29, 1.82) is 0 Å². The molecule has 0 aromatic heterocycles. The van der Waals surface area contributed by atoms with E-state index in [9.17, 15) is 5.11 Å². The minimum atomic E-state index is -2.30. The molecule has 0 unspecified atom stereocenters.